The van der Waals surface area contributed by atoms with E-state index in [0.717, 1.165) is 0 Å². The molecule has 6 nitrogen and oxygen atoms in total. The zero-order chi connectivity index (χ0) is 27.6. The van der Waals surface area contributed by atoms with Gasteiger partial charge in [0.05, 0.1) is 0 Å². The van der Waals surface area contributed by atoms with Crippen molar-refractivity contribution >= 4 is 11.6 Å². The Hall–Kier alpha value is -2.63. The van der Waals surface area contributed by atoms with Gasteiger partial charge in [-0.3, -0.25) is 4.79 Å². The maximum Gasteiger partial charge on any atom is 0.417 e. The highest BCUT2D eigenvalue weighted by molar-refractivity contribution is 5.93. The maximum absolute atomic E-state index is 14.1. The molecule has 0 saturated heterocycles. The summed E-state index contributed by atoms with van der Waals surface area (Å²) < 4.78 is 85.3. The van der Waals surface area contributed by atoms with E-state index in [1.165, 1.54) is 23.1 Å². The summed E-state index contributed by atoms with van der Waals surface area (Å²) in [5, 5.41) is 13.6. The summed E-state index contributed by atoms with van der Waals surface area (Å²) in [5.74, 6) is -5.29. The molecule has 6 rings (SSSR count). The minimum absolute atomic E-state index is 0.189. The van der Waals surface area contributed by atoms with Crippen LogP contribution in [0.1, 0.15) is 76.4 Å². The largest absolute Gasteiger partial charge is 0.417 e. The van der Waals surface area contributed by atoms with Gasteiger partial charge in [0, 0.05) is 31.0 Å². The number of hydrogen-bond donors (Lipinski definition) is 1. The Kier molecular flexibility index (Phi) is 6.35. The van der Waals surface area contributed by atoms with E-state index in [9.17, 15) is 36.2 Å². The number of fused-ring (bicyclic) bond motifs is 3. The van der Waals surface area contributed by atoms with Crippen LogP contribution >= 0.6 is 0 Å². The van der Waals surface area contributed by atoms with E-state index in [1.54, 1.807) is 6.07 Å². The first-order valence-corrected chi connectivity index (χ1v) is 12.7. The third-order valence-corrected chi connectivity index (χ3v) is 8.84. The van der Waals surface area contributed by atoms with E-state index in [-0.39, 0.29) is 24.2 Å². The van der Waals surface area contributed by atoms with Crippen LogP contribution in [-0.4, -0.2) is 39.5 Å². The number of carbonyl (C=O) groups is 1. The van der Waals surface area contributed by atoms with E-state index in [4.69, 9.17) is 4.52 Å². The van der Waals surface area contributed by atoms with Crippen LogP contribution in [0, 0.1) is 17.2 Å². The van der Waals surface area contributed by atoms with E-state index < -0.39 is 59.5 Å². The Morgan fingerprint density at radius 1 is 1.11 bits per heavy atom. The zero-order valence-electron chi connectivity index (χ0n) is 20.8. The summed E-state index contributed by atoms with van der Waals surface area (Å²) in [6, 6.07) is 5.53. The number of halogens is 6. The summed E-state index contributed by atoms with van der Waals surface area (Å²) in [6.45, 7) is 0.951. The Balaban J connectivity index is 1.31. The number of anilines is 1. The van der Waals surface area contributed by atoms with Gasteiger partial charge < -0.3 is 14.5 Å². The summed E-state index contributed by atoms with van der Waals surface area (Å²) >= 11 is 0. The maximum atomic E-state index is 14.1. The summed E-state index contributed by atoms with van der Waals surface area (Å²) in [7, 11) is 0. The molecule has 1 aromatic heterocycles. The molecule has 0 radical (unpaired) electrons. The molecular weight excluding hydrogens is 516 g/mol. The standard InChI is InChI=1S/C26H29F6N3O3/c1-22(28,29)21-33-20(34-38-21)24-8-5-23(6-9-24,7-10-24)15-35(18-4-2-3-17(27)12-18)19(36)11-16-13-25(37,14-16)26(30,31)32/h2-4,12,16,37H,5-11,13-15H2,1H3. The van der Waals surface area contributed by atoms with Crippen molar-refractivity contribution in [3.05, 3.63) is 41.8 Å². The van der Waals surface area contributed by atoms with Crippen LogP contribution in [0.4, 0.5) is 32.0 Å². The first kappa shape index (κ1) is 27.0. The molecule has 0 unspecified atom stereocenters. The molecule has 12 heteroatoms. The van der Waals surface area contributed by atoms with Gasteiger partial charge in [-0.15, -0.1) is 0 Å². The predicted molar refractivity (Wildman–Crippen MR) is 123 cm³/mol. The van der Waals surface area contributed by atoms with Crippen LogP contribution in [0.2, 0.25) is 0 Å². The lowest BCUT2D eigenvalue weighted by Gasteiger charge is -2.53. The molecule has 4 fully saturated rings. The van der Waals surface area contributed by atoms with Gasteiger partial charge in [-0.25, -0.2) is 4.39 Å². The molecular formula is C26H29F6N3O3. The topological polar surface area (TPSA) is 79.5 Å². The van der Waals surface area contributed by atoms with Gasteiger partial charge in [-0.05, 0) is 80.9 Å². The monoisotopic (exact) mass is 545 g/mol. The SMILES string of the molecule is CC(F)(F)c1nc(C23CCC(CN(C(=O)CC4CC(O)(C(F)(F)F)C4)c4cccc(F)c4)(CC2)CC3)no1. The lowest BCUT2D eigenvalue weighted by atomic mass is 9.53. The van der Waals surface area contributed by atoms with Gasteiger partial charge in [0.25, 0.3) is 5.89 Å². The summed E-state index contributed by atoms with van der Waals surface area (Å²) in [6.07, 6.45) is -2.27. The quantitative estimate of drug-likeness (QED) is 0.430. The van der Waals surface area contributed by atoms with Gasteiger partial charge >= 0.3 is 12.1 Å². The number of aliphatic hydroxyl groups is 1. The second-order valence-electron chi connectivity index (χ2n) is 11.6. The molecule has 4 saturated carbocycles. The van der Waals surface area contributed by atoms with Crippen molar-refractivity contribution in [3.8, 4) is 0 Å². The number of benzene rings is 1. The van der Waals surface area contributed by atoms with Gasteiger partial charge in [0.2, 0.25) is 5.91 Å². The number of aromatic nitrogens is 2. The number of amides is 1. The van der Waals surface area contributed by atoms with Crippen LogP contribution in [0.25, 0.3) is 0 Å². The van der Waals surface area contributed by atoms with Gasteiger partial charge in [-0.2, -0.15) is 26.9 Å². The molecule has 0 aliphatic heterocycles. The van der Waals surface area contributed by atoms with Crippen LogP contribution < -0.4 is 4.90 Å². The predicted octanol–water partition coefficient (Wildman–Crippen LogP) is 6.04. The Morgan fingerprint density at radius 3 is 2.26 bits per heavy atom. The van der Waals surface area contributed by atoms with Crippen LogP contribution in [0.5, 0.6) is 0 Å². The van der Waals surface area contributed by atoms with Gasteiger partial charge in [-0.1, -0.05) is 11.2 Å². The molecule has 38 heavy (non-hydrogen) atoms. The lowest BCUT2D eigenvalue weighted by molar-refractivity contribution is -0.298. The van der Waals surface area contributed by atoms with E-state index in [0.29, 0.717) is 51.1 Å². The minimum atomic E-state index is -4.75. The fraction of sp³-hybridized carbons (Fsp3) is 0.654. The molecule has 208 valence electrons. The highest BCUT2D eigenvalue weighted by Gasteiger charge is 2.61. The Labute approximate surface area is 215 Å². The van der Waals surface area contributed by atoms with Crippen LogP contribution in [-0.2, 0) is 16.1 Å². The van der Waals surface area contributed by atoms with Gasteiger partial charge in [0.1, 0.15) is 5.82 Å². The van der Waals surface area contributed by atoms with Crippen molar-refractivity contribution in [2.75, 3.05) is 11.4 Å². The smallest absolute Gasteiger partial charge is 0.380 e. The van der Waals surface area contributed by atoms with Crippen molar-refractivity contribution in [1.29, 1.82) is 0 Å². The minimum Gasteiger partial charge on any atom is -0.380 e. The number of nitrogens with zero attached hydrogens (tertiary/aromatic N) is 3. The van der Waals surface area contributed by atoms with Crippen LogP contribution in [0.3, 0.4) is 0 Å². The molecule has 1 heterocycles. The fourth-order valence-electron chi connectivity index (χ4n) is 6.38. The average Bonchev–Trinajstić information content (AvgIpc) is 3.34. The van der Waals surface area contributed by atoms with Crippen molar-refractivity contribution in [3.63, 3.8) is 0 Å². The second kappa shape index (κ2) is 8.96. The Bertz CT molecular complexity index is 1180. The highest BCUT2D eigenvalue weighted by Crippen LogP contribution is 2.58. The Morgan fingerprint density at radius 2 is 1.74 bits per heavy atom. The van der Waals surface area contributed by atoms with Crippen molar-refractivity contribution < 1.29 is 40.8 Å². The fourth-order valence-corrected chi connectivity index (χ4v) is 6.38. The molecule has 4 aliphatic carbocycles. The molecule has 2 bridgehead atoms. The normalized spacial score (nSPS) is 31.2. The molecule has 1 N–H and O–H groups in total. The molecule has 1 amide bonds. The zero-order valence-corrected chi connectivity index (χ0v) is 20.8. The van der Waals surface area contributed by atoms with E-state index in [1.807, 2.05) is 0 Å². The highest BCUT2D eigenvalue weighted by atomic mass is 19.4. The van der Waals surface area contributed by atoms with E-state index >= 15 is 0 Å². The molecule has 1 aromatic carbocycles. The van der Waals surface area contributed by atoms with Crippen molar-refractivity contribution in [2.45, 2.75) is 87.8 Å². The first-order chi connectivity index (χ1) is 17.6. The number of hydrogen-bond acceptors (Lipinski definition) is 5. The number of rotatable bonds is 7. The lowest BCUT2D eigenvalue weighted by Crippen LogP contribution is -2.56. The summed E-state index contributed by atoms with van der Waals surface area (Å²) in [4.78, 5) is 18.8. The number of alkyl halides is 5. The molecule has 0 spiro atoms. The summed E-state index contributed by atoms with van der Waals surface area (Å²) in [5.41, 5.74) is -3.26. The molecule has 0 atom stereocenters. The van der Waals surface area contributed by atoms with Gasteiger partial charge in [0.15, 0.2) is 11.4 Å². The third kappa shape index (κ3) is 4.80. The number of carbonyl (C=O) groups excluding carboxylic acids is 1. The second-order valence-corrected chi connectivity index (χ2v) is 11.6. The van der Waals surface area contributed by atoms with Crippen LogP contribution in [0.15, 0.2) is 28.8 Å². The molecule has 2 aromatic rings. The third-order valence-electron chi connectivity index (χ3n) is 8.84. The van der Waals surface area contributed by atoms with E-state index in [2.05, 4.69) is 10.1 Å². The first-order valence-electron chi connectivity index (χ1n) is 12.7. The van der Waals surface area contributed by atoms with Crippen molar-refractivity contribution in [1.82, 2.24) is 10.1 Å². The molecule has 4 aliphatic rings. The van der Waals surface area contributed by atoms with Crippen molar-refractivity contribution in [2.24, 2.45) is 11.3 Å². The average molecular weight is 546 g/mol.